The van der Waals surface area contributed by atoms with E-state index in [1.807, 2.05) is 31.3 Å². The van der Waals surface area contributed by atoms with E-state index >= 15 is 0 Å². The molecule has 5 heteroatoms. The minimum absolute atomic E-state index is 0.361. The maximum absolute atomic E-state index is 6.07. The van der Waals surface area contributed by atoms with Crippen LogP contribution in [0.5, 0.6) is 0 Å². The highest BCUT2D eigenvalue weighted by atomic mass is 79.9. The zero-order chi connectivity index (χ0) is 13.3. The Morgan fingerprint density at radius 1 is 1.39 bits per heavy atom. The van der Waals surface area contributed by atoms with Gasteiger partial charge in [-0.3, -0.25) is 0 Å². The largest absolute Gasteiger partial charge is 0.326 e. The van der Waals surface area contributed by atoms with Crippen molar-refractivity contribution in [2.45, 2.75) is 26.8 Å². The maximum atomic E-state index is 6.07. The molecule has 2 aromatic rings. The van der Waals surface area contributed by atoms with Gasteiger partial charge in [0.15, 0.2) is 0 Å². The van der Waals surface area contributed by atoms with Crippen molar-refractivity contribution in [2.24, 2.45) is 0 Å². The van der Waals surface area contributed by atoms with Crippen LogP contribution in [-0.2, 0) is 0 Å². The Bertz CT molecular complexity index is 563. The molecule has 0 amide bonds. The first-order valence-electron chi connectivity index (χ1n) is 5.75. The van der Waals surface area contributed by atoms with Gasteiger partial charge in [0.1, 0.15) is 0 Å². The lowest BCUT2D eigenvalue weighted by Gasteiger charge is -2.13. The van der Waals surface area contributed by atoms with E-state index in [1.54, 1.807) is 0 Å². The third kappa shape index (κ3) is 2.87. The first-order valence-corrected chi connectivity index (χ1v) is 6.92. The lowest BCUT2D eigenvalue weighted by Crippen LogP contribution is -2.05. The molecule has 18 heavy (non-hydrogen) atoms. The Morgan fingerprint density at radius 3 is 2.72 bits per heavy atom. The first kappa shape index (κ1) is 13.4. The molecule has 1 N–H and O–H groups in total. The molecule has 0 atom stereocenters. The van der Waals surface area contributed by atoms with Crippen molar-refractivity contribution in [3.8, 4) is 0 Å². The summed E-state index contributed by atoms with van der Waals surface area (Å²) in [6, 6.07) is 6.12. The van der Waals surface area contributed by atoms with Crippen LogP contribution in [0.15, 0.2) is 28.9 Å². The molecule has 0 spiro atoms. The van der Waals surface area contributed by atoms with E-state index in [0.29, 0.717) is 11.1 Å². The van der Waals surface area contributed by atoms with Gasteiger partial charge in [-0.15, -0.1) is 0 Å². The molecular weight excluding hydrogens is 314 g/mol. The minimum Gasteiger partial charge on any atom is -0.326 e. The quantitative estimate of drug-likeness (QED) is 0.865. The molecule has 0 aliphatic carbocycles. The van der Waals surface area contributed by atoms with Gasteiger partial charge in [-0.1, -0.05) is 11.6 Å². The summed E-state index contributed by atoms with van der Waals surface area (Å²) in [6.45, 7) is 6.24. The van der Waals surface area contributed by atoms with Gasteiger partial charge in [0.25, 0.3) is 0 Å². The SMILES string of the molecule is Cc1cn(C(C)C)c(Nc2ccc(Br)c(Cl)c2)n1. The Hall–Kier alpha value is -1.00. The van der Waals surface area contributed by atoms with E-state index in [-0.39, 0.29) is 0 Å². The minimum atomic E-state index is 0.361. The summed E-state index contributed by atoms with van der Waals surface area (Å²) < 4.78 is 2.99. The second kappa shape index (κ2) is 5.33. The van der Waals surface area contributed by atoms with Crippen LogP contribution in [0.2, 0.25) is 5.02 Å². The summed E-state index contributed by atoms with van der Waals surface area (Å²) in [5.41, 5.74) is 1.92. The van der Waals surface area contributed by atoms with Crippen LogP contribution in [0.25, 0.3) is 0 Å². The molecule has 1 aromatic carbocycles. The van der Waals surface area contributed by atoms with Crippen molar-refractivity contribution in [1.29, 1.82) is 0 Å². The summed E-state index contributed by atoms with van der Waals surface area (Å²) in [6.07, 6.45) is 2.04. The summed E-state index contributed by atoms with van der Waals surface area (Å²) in [4.78, 5) is 4.48. The van der Waals surface area contributed by atoms with Crippen LogP contribution in [-0.4, -0.2) is 9.55 Å². The van der Waals surface area contributed by atoms with Crippen LogP contribution in [0.1, 0.15) is 25.6 Å². The second-order valence-electron chi connectivity index (χ2n) is 4.46. The zero-order valence-electron chi connectivity index (χ0n) is 10.5. The van der Waals surface area contributed by atoms with E-state index in [0.717, 1.165) is 21.8 Å². The number of aromatic nitrogens is 2. The van der Waals surface area contributed by atoms with Crippen molar-refractivity contribution in [3.05, 3.63) is 39.6 Å². The topological polar surface area (TPSA) is 29.9 Å². The van der Waals surface area contributed by atoms with Crippen molar-refractivity contribution in [2.75, 3.05) is 5.32 Å². The van der Waals surface area contributed by atoms with E-state index in [4.69, 9.17) is 11.6 Å². The van der Waals surface area contributed by atoms with Crippen molar-refractivity contribution in [3.63, 3.8) is 0 Å². The number of nitrogens with one attached hydrogen (secondary N) is 1. The standard InChI is InChI=1S/C13H15BrClN3/c1-8(2)18-7-9(3)16-13(18)17-10-4-5-11(14)12(15)6-10/h4-8H,1-3H3,(H,16,17). The number of hydrogen-bond donors (Lipinski definition) is 1. The molecule has 1 aromatic heterocycles. The number of hydrogen-bond acceptors (Lipinski definition) is 2. The van der Waals surface area contributed by atoms with Gasteiger partial charge in [-0.05, 0) is 54.9 Å². The molecule has 0 aliphatic heterocycles. The lowest BCUT2D eigenvalue weighted by molar-refractivity contribution is 0.607. The molecule has 0 unspecified atom stereocenters. The Kier molecular flexibility index (Phi) is 3.97. The van der Waals surface area contributed by atoms with Crippen LogP contribution in [0.3, 0.4) is 0 Å². The number of imidazole rings is 1. The number of rotatable bonds is 3. The number of benzene rings is 1. The highest BCUT2D eigenvalue weighted by Gasteiger charge is 2.09. The lowest BCUT2D eigenvalue weighted by atomic mass is 10.3. The van der Waals surface area contributed by atoms with E-state index in [9.17, 15) is 0 Å². The summed E-state index contributed by atoms with van der Waals surface area (Å²) in [5.74, 6) is 0.834. The number of halogens is 2. The first-order chi connectivity index (χ1) is 8.47. The third-order valence-corrected chi connectivity index (χ3v) is 3.82. The zero-order valence-corrected chi connectivity index (χ0v) is 12.9. The second-order valence-corrected chi connectivity index (χ2v) is 5.72. The van der Waals surface area contributed by atoms with Crippen LogP contribution in [0.4, 0.5) is 11.6 Å². The smallest absolute Gasteiger partial charge is 0.207 e. The van der Waals surface area contributed by atoms with Crippen LogP contribution >= 0.6 is 27.5 Å². The maximum Gasteiger partial charge on any atom is 0.207 e. The van der Waals surface area contributed by atoms with E-state index in [2.05, 4.69) is 44.6 Å². The van der Waals surface area contributed by atoms with Crippen molar-refractivity contribution in [1.82, 2.24) is 9.55 Å². The Labute approximate surface area is 120 Å². The molecular formula is C13H15BrClN3. The molecule has 0 radical (unpaired) electrons. The molecule has 3 nitrogen and oxygen atoms in total. The average Bonchev–Trinajstić information content (AvgIpc) is 2.65. The van der Waals surface area contributed by atoms with Gasteiger partial charge in [0.2, 0.25) is 5.95 Å². The highest BCUT2D eigenvalue weighted by molar-refractivity contribution is 9.10. The average molecular weight is 329 g/mol. The predicted molar refractivity (Wildman–Crippen MR) is 79.8 cm³/mol. The van der Waals surface area contributed by atoms with Crippen LogP contribution < -0.4 is 5.32 Å². The Balaban J connectivity index is 2.30. The number of anilines is 2. The predicted octanol–water partition coefficient (Wildman–Crippen LogP) is 4.93. The molecule has 0 fully saturated rings. The monoisotopic (exact) mass is 327 g/mol. The fourth-order valence-electron chi connectivity index (χ4n) is 1.71. The van der Waals surface area contributed by atoms with Crippen LogP contribution in [0, 0.1) is 6.92 Å². The molecule has 2 rings (SSSR count). The van der Waals surface area contributed by atoms with Crippen molar-refractivity contribution >= 4 is 39.2 Å². The fourth-order valence-corrected chi connectivity index (χ4v) is 2.13. The third-order valence-electron chi connectivity index (χ3n) is 2.58. The van der Waals surface area contributed by atoms with Gasteiger partial charge >= 0.3 is 0 Å². The molecule has 1 heterocycles. The highest BCUT2D eigenvalue weighted by Crippen LogP contribution is 2.27. The van der Waals surface area contributed by atoms with Crippen molar-refractivity contribution < 1.29 is 0 Å². The van der Waals surface area contributed by atoms with Gasteiger partial charge in [0, 0.05) is 22.4 Å². The summed E-state index contributed by atoms with van der Waals surface area (Å²) in [5, 5.41) is 3.97. The summed E-state index contributed by atoms with van der Waals surface area (Å²) in [7, 11) is 0. The Morgan fingerprint density at radius 2 is 2.11 bits per heavy atom. The molecule has 0 bridgehead atoms. The van der Waals surface area contributed by atoms with E-state index in [1.165, 1.54) is 0 Å². The summed E-state index contributed by atoms with van der Waals surface area (Å²) >= 11 is 9.45. The van der Waals surface area contributed by atoms with Gasteiger partial charge in [-0.25, -0.2) is 4.98 Å². The molecule has 0 saturated carbocycles. The molecule has 0 aliphatic rings. The fraction of sp³-hybridized carbons (Fsp3) is 0.308. The molecule has 96 valence electrons. The van der Waals surface area contributed by atoms with Gasteiger partial charge in [0.05, 0.1) is 10.7 Å². The molecule has 0 saturated heterocycles. The number of nitrogens with zero attached hydrogens (tertiary/aromatic N) is 2. The van der Waals surface area contributed by atoms with Gasteiger partial charge in [-0.2, -0.15) is 0 Å². The normalized spacial score (nSPS) is 11.0. The van der Waals surface area contributed by atoms with E-state index < -0.39 is 0 Å². The number of aryl methyl sites for hydroxylation is 1. The van der Waals surface area contributed by atoms with Gasteiger partial charge < -0.3 is 9.88 Å².